The van der Waals surface area contributed by atoms with E-state index in [4.69, 9.17) is 5.73 Å². The van der Waals surface area contributed by atoms with E-state index in [-0.39, 0.29) is 11.8 Å². The molecule has 5 heteroatoms. The van der Waals surface area contributed by atoms with Crippen LogP contribution >= 0.6 is 0 Å². The van der Waals surface area contributed by atoms with E-state index in [9.17, 15) is 14.7 Å². The Kier molecular flexibility index (Phi) is 6.46. The number of carboxylic acid groups (broad SMARTS) is 1. The Morgan fingerprint density at radius 1 is 1.35 bits per heavy atom. The average molecular weight is 284 g/mol. The van der Waals surface area contributed by atoms with Crippen LogP contribution in [0.2, 0.25) is 0 Å². The van der Waals surface area contributed by atoms with E-state index in [1.807, 2.05) is 6.92 Å². The van der Waals surface area contributed by atoms with Crippen LogP contribution in [-0.4, -0.2) is 41.0 Å². The lowest BCUT2D eigenvalue weighted by atomic mass is 9.88. The number of hydrogen-bond donors (Lipinski definition) is 2. The van der Waals surface area contributed by atoms with Gasteiger partial charge in [0, 0.05) is 13.0 Å². The first-order valence-electron chi connectivity index (χ1n) is 7.60. The topological polar surface area (TPSA) is 83.6 Å². The van der Waals surface area contributed by atoms with E-state index in [2.05, 4.69) is 13.8 Å². The molecule has 1 saturated heterocycles. The molecule has 0 spiro atoms. The third-order valence-corrected chi connectivity index (χ3v) is 4.48. The summed E-state index contributed by atoms with van der Waals surface area (Å²) in [5, 5.41) is 9.24. The van der Waals surface area contributed by atoms with Crippen molar-refractivity contribution in [3.8, 4) is 0 Å². The summed E-state index contributed by atoms with van der Waals surface area (Å²) in [6.45, 7) is 7.39. The summed E-state index contributed by atoms with van der Waals surface area (Å²) in [5.74, 6) is 0.0721. The van der Waals surface area contributed by atoms with Gasteiger partial charge in [-0.15, -0.1) is 0 Å². The first-order valence-corrected chi connectivity index (χ1v) is 7.60. The van der Waals surface area contributed by atoms with Crippen LogP contribution in [0, 0.1) is 17.8 Å². The quantitative estimate of drug-likeness (QED) is 0.745. The predicted octanol–water partition coefficient (Wildman–Crippen LogP) is 1.71. The van der Waals surface area contributed by atoms with Gasteiger partial charge >= 0.3 is 5.97 Å². The highest BCUT2D eigenvalue weighted by molar-refractivity contribution is 5.84. The molecule has 1 aliphatic rings. The maximum atomic E-state index is 12.3. The van der Waals surface area contributed by atoms with Gasteiger partial charge in [-0.1, -0.05) is 20.8 Å². The van der Waals surface area contributed by atoms with Gasteiger partial charge in [0.15, 0.2) is 0 Å². The molecule has 1 aliphatic heterocycles. The molecule has 20 heavy (non-hydrogen) atoms. The zero-order valence-corrected chi connectivity index (χ0v) is 12.8. The van der Waals surface area contributed by atoms with Crippen LogP contribution in [0.15, 0.2) is 0 Å². The van der Waals surface area contributed by atoms with E-state index in [0.29, 0.717) is 31.3 Å². The van der Waals surface area contributed by atoms with Gasteiger partial charge in [0.1, 0.15) is 6.04 Å². The number of amides is 1. The fourth-order valence-electron chi connectivity index (χ4n) is 3.08. The lowest BCUT2D eigenvalue weighted by Crippen LogP contribution is -2.42. The summed E-state index contributed by atoms with van der Waals surface area (Å²) in [4.78, 5) is 25.1. The number of nitrogens with two attached hydrogens (primary N) is 1. The summed E-state index contributed by atoms with van der Waals surface area (Å²) in [6, 6.07) is -0.644. The van der Waals surface area contributed by atoms with Crippen LogP contribution in [0.1, 0.15) is 46.5 Å². The number of aliphatic carboxylic acids is 1. The molecule has 0 aromatic rings. The van der Waals surface area contributed by atoms with Gasteiger partial charge in [0.25, 0.3) is 0 Å². The number of carbonyl (C=O) groups is 2. The molecule has 3 unspecified atom stereocenters. The molecule has 0 aromatic heterocycles. The van der Waals surface area contributed by atoms with Crippen molar-refractivity contribution in [2.45, 2.75) is 52.5 Å². The van der Waals surface area contributed by atoms with Gasteiger partial charge in [-0.3, -0.25) is 4.79 Å². The SMILES string of the molecule is CC(C)C(CCN)CCC(=O)N1CCC(C)C1C(=O)O. The number of carbonyl (C=O) groups excluding carboxylic acids is 1. The molecule has 0 bridgehead atoms. The van der Waals surface area contributed by atoms with Crippen LogP contribution in [0.5, 0.6) is 0 Å². The van der Waals surface area contributed by atoms with E-state index in [1.165, 1.54) is 0 Å². The van der Waals surface area contributed by atoms with Crippen LogP contribution in [0.3, 0.4) is 0 Å². The molecule has 1 fully saturated rings. The van der Waals surface area contributed by atoms with Gasteiger partial charge < -0.3 is 15.7 Å². The van der Waals surface area contributed by atoms with E-state index in [0.717, 1.165) is 19.3 Å². The van der Waals surface area contributed by atoms with E-state index < -0.39 is 12.0 Å². The van der Waals surface area contributed by atoms with E-state index in [1.54, 1.807) is 4.90 Å². The Balaban J connectivity index is 2.55. The van der Waals surface area contributed by atoms with Gasteiger partial charge in [0.2, 0.25) is 5.91 Å². The Labute approximate surface area is 121 Å². The minimum Gasteiger partial charge on any atom is -0.480 e. The lowest BCUT2D eigenvalue weighted by molar-refractivity contribution is -0.149. The molecule has 1 rings (SSSR count). The molecule has 0 aliphatic carbocycles. The molecular formula is C15H28N2O3. The second-order valence-corrected chi connectivity index (χ2v) is 6.26. The second kappa shape index (κ2) is 7.62. The van der Waals surface area contributed by atoms with Crippen LogP contribution in [0.4, 0.5) is 0 Å². The number of nitrogens with zero attached hydrogens (tertiary/aromatic N) is 1. The van der Waals surface area contributed by atoms with Gasteiger partial charge in [-0.25, -0.2) is 4.79 Å². The summed E-state index contributed by atoms with van der Waals surface area (Å²) in [5.41, 5.74) is 5.60. The third-order valence-electron chi connectivity index (χ3n) is 4.48. The van der Waals surface area contributed by atoms with Crippen molar-refractivity contribution >= 4 is 11.9 Å². The Hall–Kier alpha value is -1.10. The lowest BCUT2D eigenvalue weighted by Gasteiger charge is -2.25. The molecule has 0 radical (unpaired) electrons. The molecular weight excluding hydrogens is 256 g/mol. The molecule has 1 heterocycles. The van der Waals surface area contributed by atoms with E-state index >= 15 is 0 Å². The highest BCUT2D eigenvalue weighted by Crippen LogP contribution is 2.27. The predicted molar refractivity (Wildman–Crippen MR) is 78.2 cm³/mol. The zero-order valence-electron chi connectivity index (χ0n) is 12.8. The minimum atomic E-state index is -0.884. The molecule has 0 aromatic carbocycles. The first-order chi connectivity index (χ1) is 9.38. The maximum Gasteiger partial charge on any atom is 0.326 e. The van der Waals surface area contributed by atoms with Crippen LogP contribution < -0.4 is 5.73 Å². The summed E-state index contributed by atoms with van der Waals surface area (Å²) < 4.78 is 0. The van der Waals surface area contributed by atoms with Crippen molar-refractivity contribution < 1.29 is 14.7 Å². The molecule has 3 atom stereocenters. The largest absolute Gasteiger partial charge is 0.480 e. The normalized spacial score (nSPS) is 24.1. The highest BCUT2D eigenvalue weighted by Gasteiger charge is 2.39. The standard InChI is InChI=1S/C15H28N2O3/c1-10(2)12(6-8-16)4-5-13(18)17-9-7-11(3)14(17)15(19)20/h10-12,14H,4-9,16H2,1-3H3,(H,19,20). The van der Waals surface area contributed by atoms with Crippen molar-refractivity contribution in [2.75, 3.05) is 13.1 Å². The van der Waals surface area contributed by atoms with Crippen molar-refractivity contribution in [2.24, 2.45) is 23.5 Å². The molecule has 116 valence electrons. The number of rotatable bonds is 7. The molecule has 1 amide bonds. The molecule has 0 saturated carbocycles. The van der Waals surface area contributed by atoms with Gasteiger partial charge in [-0.2, -0.15) is 0 Å². The number of likely N-dealkylation sites (tertiary alicyclic amines) is 1. The van der Waals surface area contributed by atoms with Crippen LogP contribution in [0.25, 0.3) is 0 Å². The number of carboxylic acids is 1. The Bertz CT molecular complexity index is 344. The van der Waals surface area contributed by atoms with Crippen LogP contribution in [-0.2, 0) is 9.59 Å². The zero-order chi connectivity index (χ0) is 15.3. The third kappa shape index (κ3) is 4.20. The van der Waals surface area contributed by atoms with Gasteiger partial charge in [0.05, 0.1) is 0 Å². The van der Waals surface area contributed by atoms with Crippen molar-refractivity contribution in [1.29, 1.82) is 0 Å². The Morgan fingerprint density at radius 2 is 2.00 bits per heavy atom. The molecule has 3 N–H and O–H groups in total. The van der Waals surface area contributed by atoms with Crippen molar-refractivity contribution in [3.05, 3.63) is 0 Å². The van der Waals surface area contributed by atoms with Gasteiger partial charge in [-0.05, 0) is 43.6 Å². The fourth-order valence-corrected chi connectivity index (χ4v) is 3.08. The Morgan fingerprint density at radius 3 is 2.50 bits per heavy atom. The monoisotopic (exact) mass is 284 g/mol. The smallest absolute Gasteiger partial charge is 0.326 e. The second-order valence-electron chi connectivity index (χ2n) is 6.26. The molecule has 5 nitrogen and oxygen atoms in total. The minimum absolute atomic E-state index is 0.0237. The average Bonchev–Trinajstić information content (AvgIpc) is 2.75. The maximum absolute atomic E-state index is 12.3. The highest BCUT2D eigenvalue weighted by atomic mass is 16.4. The van der Waals surface area contributed by atoms with Crippen molar-refractivity contribution in [1.82, 2.24) is 4.90 Å². The summed E-state index contributed by atoms with van der Waals surface area (Å²) in [6.07, 6.45) is 2.92. The number of hydrogen-bond acceptors (Lipinski definition) is 3. The fraction of sp³-hybridized carbons (Fsp3) is 0.867. The first kappa shape index (κ1) is 17.0. The summed E-state index contributed by atoms with van der Waals surface area (Å²) in [7, 11) is 0. The van der Waals surface area contributed by atoms with Crippen molar-refractivity contribution in [3.63, 3.8) is 0 Å². The summed E-state index contributed by atoms with van der Waals surface area (Å²) >= 11 is 0.